The first-order valence-corrected chi connectivity index (χ1v) is 3.92. The van der Waals surface area contributed by atoms with Gasteiger partial charge in [0.25, 0.3) is 0 Å². The lowest BCUT2D eigenvalue weighted by Crippen LogP contribution is -2.20. The van der Waals surface area contributed by atoms with Gasteiger partial charge in [-0.1, -0.05) is 30.4 Å². The fourth-order valence-electron chi connectivity index (χ4n) is 0.833. The third kappa shape index (κ3) is 2.02. The van der Waals surface area contributed by atoms with Crippen molar-refractivity contribution in [3.63, 3.8) is 0 Å². The molecular weight excluding hydrogens is 154 g/mol. The van der Waals surface area contributed by atoms with E-state index in [4.69, 9.17) is 12.2 Å². The quantitative estimate of drug-likeness (QED) is 0.588. The Kier molecular flexibility index (Phi) is 2.60. The van der Waals surface area contributed by atoms with Crippen molar-refractivity contribution in [2.75, 3.05) is 11.9 Å². The van der Waals surface area contributed by atoms with Crippen LogP contribution in [-0.4, -0.2) is 12.0 Å². The van der Waals surface area contributed by atoms with E-state index < -0.39 is 0 Å². The van der Waals surface area contributed by atoms with Crippen molar-refractivity contribution < 1.29 is 0 Å². The lowest BCUT2D eigenvalue weighted by atomic mass is 10.3. The van der Waals surface area contributed by atoms with E-state index in [1.54, 1.807) is 0 Å². The van der Waals surface area contributed by atoms with Crippen LogP contribution in [0.4, 0.5) is 5.69 Å². The maximum absolute atomic E-state index is 5.03. The Morgan fingerprint density at radius 3 is 2.27 bits per heavy atom. The second-order valence-corrected chi connectivity index (χ2v) is 3.00. The molecular formula is C9H11NS. The number of hydrogen-bond acceptors (Lipinski definition) is 1. The van der Waals surface area contributed by atoms with Crippen molar-refractivity contribution in [3.05, 3.63) is 30.3 Å². The van der Waals surface area contributed by atoms with Crippen molar-refractivity contribution >= 4 is 22.9 Å². The predicted octanol–water partition coefficient (Wildman–Crippen LogP) is 2.47. The van der Waals surface area contributed by atoms with Gasteiger partial charge in [0.1, 0.15) is 0 Å². The van der Waals surface area contributed by atoms with Crippen LogP contribution in [0.5, 0.6) is 0 Å². The molecule has 2 heteroatoms. The zero-order chi connectivity index (χ0) is 8.27. The molecule has 58 valence electrons. The highest BCUT2D eigenvalue weighted by Crippen LogP contribution is 2.10. The molecule has 0 aliphatic heterocycles. The van der Waals surface area contributed by atoms with Crippen molar-refractivity contribution in [1.82, 2.24) is 0 Å². The molecule has 0 radical (unpaired) electrons. The van der Waals surface area contributed by atoms with Crippen LogP contribution in [0.1, 0.15) is 6.92 Å². The summed E-state index contributed by atoms with van der Waals surface area (Å²) in [5, 5.41) is 0. The normalized spacial score (nSPS) is 9.27. The number of para-hydroxylation sites is 1. The smallest absolute Gasteiger partial charge is 0.0789 e. The molecule has 0 aliphatic rings. The van der Waals surface area contributed by atoms with Gasteiger partial charge in [0, 0.05) is 12.7 Å². The Morgan fingerprint density at radius 2 is 1.82 bits per heavy atom. The van der Waals surface area contributed by atoms with Crippen LogP contribution < -0.4 is 4.90 Å². The first kappa shape index (κ1) is 8.21. The van der Waals surface area contributed by atoms with Gasteiger partial charge in [0.05, 0.1) is 4.99 Å². The molecule has 1 aromatic carbocycles. The highest BCUT2D eigenvalue weighted by atomic mass is 32.1. The number of benzene rings is 1. The Labute approximate surface area is 72.6 Å². The molecule has 0 fully saturated rings. The molecule has 1 aromatic rings. The number of thiocarbonyl (C=S) groups is 1. The average Bonchev–Trinajstić information content (AvgIpc) is 2.05. The Hall–Kier alpha value is -0.890. The van der Waals surface area contributed by atoms with Crippen LogP contribution in [-0.2, 0) is 0 Å². The second-order valence-electron chi connectivity index (χ2n) is 2.41. The van der Waals surface area contributed by atoms with E-state index in [0.717, 1.165) is 10.7 Å². The molecule has 0 aromatic heterocycles. The van der Waals surface area contributed by atoms with E-state index in [2.05, 4.69) is 0 Å². The molecule has 0 aliphatic carbocycles. The molecule has 0 unspecified atom stereocenters. The summed E-state index contributed by atoms with van der Waals surface area (Å²) in [5.74, 6) is 0. The molecule has 0 N–H and O–H groups in total. The van der Waals surface area contributed by atoms with Crippen LogP contribution in [0, 0.1) is 0 Å². The van der Waals surface area contributed by atoms with Gasteiger partial charge in [-0.05, 0) is 19.1 Å². The third-order valence-corrected chi connectivity index (χ3v) is 1.89. The Bertz CT molecular complexity index is 243. The van der Waals surface area contributed by atoms with E-state index in [1.165, 1.54) is 0 Å². The lowest BCUT2D eigenvalue weighted by Gasteiger charge is -2.16. The molecule has 0 saturated carbocycles. The Balaban J connectivity index is 2.85. The van der Waals surface area contributed by atoms with Crippen LogP contribution in [0.2, 0.25) is 0 Å². The second kappa shape index (κ2) is 3.49. The minimum atomic E-state index is 0.885. The first-order chi connectivity index (χ1) is 5.22. The third-order valence-electron chi connectivity index (χ3n) is 1.62. The maximum atomic E-state index is 5.03. The van der Waals surface area contributed by atoms with Gasteiger partial charge >= 0.3 is 0 Å². The van der Waals surface area contributed by atoms with Crippen LogP contribution >= 0.6 is 12.2 Å². The van der Waals surface area contributed by atoms with Gasteiger partial charge in [-0.3, -0.25) is 0 Å². The van der Waals surface area contributed by atoms with E-state index in [0.29, 0.717) is 0 Å². The van der Waals surface area contributed by atoms with Crippen LogP contribution in [0.25, 0.3) is 0 Å². The van der Waals surface area contributed by atoms with Gasteiger partial charge in [0.2, 0.25) is 0 Å². The number of rotatable bonds is 1. The van der Waals surface area contributed by atoms with Gasteiger partial charge in [-0.2, -0.15) is 0 Å². The number of hydrogen-bond donors (Lipinski definition) is 0. The maximum Gasteiger partial charge on any atom is 0.0789 e. The van der Waals surface area contributed by atoms with Crippen molar-refractivity contribution in [3.8, 4) is 0 Å². The summed E-state index contributed by atoms with van der Waals surface area (Å²) in [5.41, 5.74) is 1.14. The molecule has 0 bridgehead atoms. The van der Waals surface area contributed by atoms with Gasteiger partial charge in [0.15, 0.2) is 0 Å². The molecule has 0 atom stereocenters. The van der Waals surface area contributed by atoms with Gasteiger partial charge in [-0.15, -0.1) is 0 Å². The molecule has 0 heterocycles. The highest BCUT2D eigenvalue weighted by molar-refractivity contribution is 7.80. The lowest BCUT2D eigenvalue weighted by molar-refractivity contribution is 1.28. The zero-order valence-corrected chi connectivity index (χ0v) is 7.56. The fraction of sp³-hybridized carbons (Fsp3) is 0.222. The minimum Gasteiger partial charge on any atom is -0.339 e. The average molecular weight is 165 g/mol. The number of nitrogens with zero attached hydrogens (tertiary/aromatic N) is 1. The summed E-state index contributed by atoms with van der Waals surface area (Å²) >= 11 is 5.03. The summed E-state index contributed by atoms with van der Waals surface area (Å²) < 4.78 is 0. The largest absolute Gasteiger partial charge is 0.339 e. The van der Waals surface area contributed by atoms with Crippen molar-refractivity contribution in [1.29, 1.82) is 0 Å². The van der Waals surface area contributed by atoms with Gasteiger partial charge < -0.3 is 4.90 Å². The van der Waals surface area contributed by atoms with E-state index in [1.807, 2.05) is 49.2 Å². The molecule has 1 rings (SSSR count). The van der Waals surface area contributed by atoms with Crippen LogP contribution in [0.15, 0.2) is 30.3 Å². The molecule has 11 heavy (non-hydrogen) atoms. The summed E-state index contributed by atoms with van der Waals surface area (Å²) in [6.45, 7) is 1.92. The standard InChI is InChI=1S/C9H11NS/c1-8(11)10(2)9-6-4-3-5-7-9/h3-7H,1-2H3. The fourth-order valence-corrected chi connectivity index (χ4v) is 0.939. The van der Waals surface area contributed by atoms with Crippen molar-refractivity contribution in [2.45, 2.75) is 6.92 Å². The van der Waals surface area contributed by atoms with Gasteiger partial charge in [-0.25, -0.2) is 0 Å². The Morgan fingerprint density at radius 1 is 1.27 bits per heavy atom. The SMILES string of the molecule is CC(=S)N(C)c1ccccc1. The topological polar surface area (TPSA) is 3.24 Å². The molecule has 0 amide bonds. The molecule has 0 saturated heterocycles. The summed E-state index contributed by atoms with van der Waals surface area (Å²) in [6.07, 6.45) is 0. The monoisotopic (exact) mass is 165 g/mol. The highest BCUT2D eigenvalue weighted by Gasteiger charge is 1.98. The predicted molar refractivity (Wildman–Crippen MR) is 53.1 cm³/mol. The zero-order valence-electron chi connectivity index (χ0n) is 6.74. The minimum absolute atomic E-state index is 0.885. The van der Waals surface area contributed by atoms with Crippen LogP contribution in [0.3, 0.4) is 0 Å². The summed E-state index contributed by atoms with van der Waals surface area (Å²) in [6, 6.07) is 10.1. The van der Waals surface area contributed by atoms with E-state index >= 15 is 0 Å². The van der Waals surface area contributed by atoms with E-state index in [-0.39, 0.29) is 0 Å². The number of anilines is 1. The molecule has 0 spiro atoms. The first-order valence-electron chi connectivity index (χ1n) is 3.51. The van der Waals surface area contributed by atoms with Crippen molar-refractivity contribution in [2.24, 2.45) is 0 Å². The summed E-state index contributed by atoms with van der Waals surface area (Å²) in [4.78, 5) is 2.87. The molecule has 1 nitrogen and oxygen atoms in total. The summed E-state index contributed by atoms with van der Waals surface area (Å²) in [7, 11) is 1.97. The van der Waals surface area contributed by atoms with E-state index in [9.17, 15) is 0 Å².